The van der Waals surface area contributed by atoms with E-state index >= 15 is 0 Å². The molecule has 1 heterocycles. The van der Waals surface area contributed by atoms with Crippen LogP contribution < -0.4 is 5.73 Å². The molecule has 2 heteroatoms. The highest BCUT2D eigenvalue weighted by Gasteiger charge is 2.37. The van der Waals surface area contributed by atoms with E-state index in [1.807, 2.05) is 0 Å². The van der Waals surface area contributed by atoms with Gasteiger partial charge in [0.25, 0.3) is 0 Å². The lowest BCUT2D eigenvalue weighted by molar-refractivity contribution is 0.0580. The van der Waals surface area contributed by atoms with Crippen molar-refractivity contribution in [2.45, 2.75) is 71.4 Å². The van der Waals surface area contributed by atoms with Gasteiger partial charge >= 0.3 is 0 Å². The van der Waals surface area contributed by atoms with Crippen molar-refractivity contribution in [2.75, 3.05) is 13.1 Å². The highest BCUT2D eigenvalue weighted by atomic mass is 15.2. The van der Waals surface area contributed by atoms with Crippen molar-refractivity contribution >= 4 is 0 Å². The third kappa shape index (κ3) is 3.23. The average molecular weight is 238 g/mol. The Balaban J connectivity index is 1.99. The third-order valence-corrected chi connectivity index (χ3v) is 4.95. The Hall–Kier alpha value is -0.0800. The second-order valence-corrected chi connectivity index (χ2v) is 7.20. The van der Waals surface area contributed by atoms with Crippen molar-refractivity contribution in [2.24, 2.45) is 17.1 Å². The van der Waals surface area contributed by atoms with E-state index < -0.39 is 0 Å². The van der Waals surface area contributed by atoms with Gasteiger partial charge in [-0.25, -0.2) is 0 Å². The Kier molecular flexibility index (Phi) is 4.14. The van der Waals surface area contributed by atoms with Gasteiger partial charge in [0.1, 0.15) is 0 Å². The van der Waals surface area contributed by atoms with Gasteiger partial charge in [0, 0.05) is 12.1 Å². The molecule has 2 fully saturated rings. The summed E-state index contributed by atoms with van der Waals surface area (Å²) in [5, 5.41) is 0. The van der Waals surface area contributed by atoms with Crippen LogP contribution in [0.4, 0.5) is 0 Å². The maximum atomic E-state index is 6.37. The minimum absolute atomic E-state index is 0.423. The quantitative estimate of drug-likeness (QED) is 0.761. The Bertz CT molecular complexity index is 238. The normalized spacial score (nSPS) is 37.1. The number of hydrogen-bond donors (Lipinski definition) is 1. The molecule has 17 heavy (non-hydrogen) atoms. The Morgan fingerprint density at radius 2 is 1.65 bits per heavy atom. The first-order valence-electron chi connectivity index (χ1n) is 7.48. The number of nitrogens with zero attached hydrogens (tertiary/aromatic N) is 1. The van der Waals surface area contributed by atoms with E-state index in [4.69, 9.17) is 5.73 Å². The predicted octanol–water partition coefficient (Wildman–Crippen LogP) is 3.01. The fourth-order valence-electron chi connectivity index (χ4n) is 3.63. The molecular formula is C15H30N2. The molecule has 0 aromatic heterocycles. The highest BCUT2D eigenvalue weighted by Crippen LogP contribution is 2.39. The monoisotopic (exact) mass is 238 g/mol. The number of piperidine rings is 1. The minimum atomic E-state index is 0.423. The second kappa shape index (κ2) is 5.27. The molecule has 0 bridgehead atoms. The van der Waals surface area contributed by atoms with E-state index in [0.717, 1.165) is 5.92 Å². The van der Waals surface area contributed by atoms with Crippen LogP contribution >= 0.6 is 0 Å². The Morgan fingerprint density at radius 3 is 2.24 bits per heavy atom. The molecule has 100 valence electrons. The van der Waals surface area contributed by atoms with Gasteiger partial charge in [0.05, 0.1) is 0 Å². The Labute approximate surface area is 107 Å². The van der Waals surface area contributed by atoms with Crippen LogP contribution in [-0.4, -0.2) is 30.1 Å². The van der Waals surface area contributed by atoms with E-state index in [9.17, 15) is 0 Å². The van der Waals surface area contributed by atoms with Gasteiger partial charge < -0.3 is 5.73 Å². The van der Waals surface area contributed by atoms with Gasteiger partial charge in [-0.1, -0.05) is 27.2 Å². The molecule has 3 atom stereocenters. The lowest BCUT2D eigenvalue weighted by atomic mass is 9.69. The molecule has 2 N–H and O–H groups in total. The van der Waals surface area contributed by atoms with Gasteiger partial charge in [0.15, 0.2) is 0 Å². The molecule has 1 saturated carbocycles. The average Bonchev–Trinajstić information content (AvgIpc) is 2.29. The maximum Gasteiger partial charge on any atom is 0.0250 e. The van der Waals surface area contributed by atoms with Crippen LogP contribution in [0.5, 0.6) is 0 Å². The maximum absolute atomic E-state index is 6.37. The van der Waals surface area contributed by atoms with Gasteiger partial charge in [-0.05, 0) is 56.5 Å². The molecule has 2 aliphatic rings. The van der Waals surface area contributed by atoms with E-state index in [1.165, 1.54) is 51.6 Å². The zero-order valence-corrected chi connectivity index (χ0v) is 11.9. The molecule has 0 spiro atoms. The highest BCUT2D eigenvalue weighted by molar-refractivity contribution is 4.93. The number of rotatable bonds is 1. The predicted molar refractivity (Wildman–Crippen MR) is 74.0 cm³/mol. The van der Waals surface area contributed by atoms with E-state index in [1.54, 1.807) is 0 Å². The van der Waals surface area contributed by atoms with E-state index in [0.29, 0.717) is 17.5 Å². The molecule has 1 aliphatic carbocycles. The van der Waals surface area contributed by atoms with Crippen LogP contribution in [0.2, 0.25) is 0 Å². The van der Waals surface area contributed by atoms with Crippen LogP contribution in [0, 0.1) is 11.3 Å². The van der Waals surface area contributed by atoms with Crippen molar-refractivity contribution in [3.8, 4) is 0 Å². The Morgan fingerprint density at radius 1 is 1.00 bits per heavy atom. The summed E-state index contributed by atoms with van der Waals surface area (Å²) in [6, 6.07) is 1.08. The standard InChI is InChI=1S/C15H30N2/c1-15(2,3)12-7-8-13(16)14(11-12)17-9-5-4-6-10-17/h12-14H,4-11,16H2,1-3H3. The van der Waals surface area contributed by atoms with Gasteiger partial charge in [-0.3, -0.25) is 4.90 Å². The molecule has 1 saturated heterocycles. The summed E-state index contributed by atoms with van der Waals surface area (Å²) >= 11 is 0. The topological polar surface area (TPSA) is 29.3 Å². The molecule has 0 radical (unpaired) electrons. The lowest BCUT2D eigenvalue weighted by Gasteiger charge is -2.46. The van der Waals surface area contributed by atoms with Gasteiger partial charge in [-0.15, -0.1) is 0 Å². The summed E-state index contributed by atoms with van der Waals surface area (Å²) in [5.74, 6) is 0.856. The first kappa shape index (κ1) is 13.4. The minimum Gasteiger partial charge on any atom is -0.326 e. The number of hydrogen-bond acceptors (Lipinski definition) is 2. The van der Waals surface area contributed by atoms with E-state index in [-0.39, 0.29) is 0 Å². The van der Waals surface area contributed by atoms with E-state index in [2.05, 4.69) is 25.7 Å². The summed E-state index contributed by atoms with van der Waals surface area (Å²) < 4.78 is 0. The smallest absolute Gasteiger partial charge is 0.0250 e. The molecule has 2 rings (SSSR count). The van der Waals surface area contributed by atoms with Crippen molar-refractivity contribution in [1.29, 1.82) is 0 Å². The molecule has 3 unspecified atom stereocenters. The summed E-state index contributed by atoms with van der Waals surface area (Å²) in [4.78, 5) is 2.69. The molecule has 2 nitrogen and oxygen atoms in total. The molecule has 0 amide bonds. The molecular weight excluding hydrogens is 208 g/mol. The summed E-state index contributed by atoms with van der Waals surface area (Å²) in [5.41, 5.74) is 6.83. The van der Waals surface area contributed by atoms with Crippen molar-refractivity contribution in [1.82, 2.24) is 4.90 Å². The summed E-state index contributed by atoms with van der Waals surface area (Å²) in [6.07, 6.45) is 8.05. The molecule has 0 aromatic carbocycles. The number of nitrogens with two attached hydrogens (primary N) is 1. The first-order chi connectivity index (χ1) is 7.98. The second-order valence-electron chi connectivity index (χ2n) is 7.20. The summed E-state index contributed by atoms with van der Waals surface area (Å²) in [6.45, 7) is 9.75. The first-order valence-corrected chi connectivity index (χ1v) is 7.48. The van der Waals surface area contributed by atoms with Crippen molar-refractivity contribution in [3.05, 3.63) is 0 Å². The van der Waals surface area contributed by atoms with Crippen LogP contribution in [0.15, 0.2) is 0 Å². The van der Waals surface area contributed by atoms with Gasteiger partial charge in [-0.2, -0.15) is 0 Å². The fourth-order valence-corrected chi connectivity index (χ4v) is 3.63. The fraction of sp³-hybridized carbons (Fsp3) is 1.00. The van der Waals surface area contributed by atoms with Crippen LogP contribution in [-0.2, 0) is 0 Å². The van der Waals surface area contributed by atoms with Crippen LogP contribution in [0.3, 0.4) is 0 Å². The third-order valence-electron chi connectivity index (χ3n) is 4.95. The molecule has 1 aliphatic heterocycles. The zero-order valence-electron chi connectivity index (χ0n) is 11.9. The SMILES string of the molecule is CC(C)(C)C1CCC(N)C(N2CCCCC2)C1. The number of likely N-dealkylation sites (tertiary alicyclic amines) is 1. The van der Waals surface area contributed by atoms with Crippen molar-refractivity contribution < 1.29 is 0 Å². The van der Waals surface area contributed by atoms with Crippen LogP contribution in [0.25, 0.3) is 0 Å². The lowest BCUT2D eigenvalue weighted by Crippen LogP contribution is -2.53. The summed E-state index contributed by atoms with van der Waals surface area (Å²) in [7, 11) is 0. The van der Waals surface area contributed by atoms with Gasteiger partial charge in [0.2, 0.25) is 0 Å². The van der Waals surface area contributed by atoms with Crippen LogP contribution in [0.1, 0.15) is 59.3 Å². The largest absolute Gasteiger partial charge is 0.326 e. The van der Waals surface area contributed by atoms with Crippen molar-refractivity contribution in [3.63, 3.8) is 0 Å². The molecule has 0 aromatic rings. The zero-order chi connectivity index (χ0) is 12.5.